The Labute approximate surface area is 106 Å². The maximum absolute atomic E-state index is 14.1. The highest BCUT2D eigenvalue weighted by Crippen LogP contribution is 2.18. The second kappa shape index (κ2) is 5.89. The van der Waals surface area contributed by atoms with E-state index in [4.69, 9.17) is 0 Å². The third-order valence-corrected chi connectivity index (χ3v) is 2.95. The molecule has 1 aromatic heterocycles. The van der Waals surface area contributed by atoms with Gasteiger partial charge in [0.25, 0.3) is 0 Å². The smallest absolute Gasteiger partial charge is 0.153 e. The molecule has 1 unspecified atom stereocenters. The average molecular weight is 248 g/mol. The predicted octanol–water partition coefficient (Wildman–Crippen LogP) is 2.23. The van der Waals surface area contributed by atoms with Crippen LogP contribution in [-0.2, 0) is 6.54 Å². The normalized spacial score (nSPS) is 12.8. The van der Waals surface area contributed by atoms with E-state index in [1.165, 1.54) is 0 Å². The predicted molar refractivity (Wildman–Crippen MR) is 69.7 cm³/mol. The molecule has 0 saturated carbocycles. The zero-order valence-corrected chi connectivity index (χ0v) is 10.4. The minimum absolute atomic E-state index is 0.286. The number of benzene rings is 1. The number of fused-ring (bicyclic) bond motifs is 1. The Morgan fingerprint density at radius 3 is 2.94 bits per heavy atom. The number of halogens is 1. The zero-order valence-electron chi connectivity index (χ0n) is 10.4. The molecule has 0 aliphatic heterocycles. The molecule has 0 spiro atoms. The van der Waals surface area contributed by atoms with Crippen molar-refractivity contribution < 1.29 is 9.50 Å². The fourth-order valence-corrected chi connectivity index (χ4v) is 1.79. The maximum Gasteiger partial charge on any atom is 0.153 e. The molecule has 0 amide bonds. The lowest BCUT2D eigenvalue weighted by Gasteiger charge is -2.10. The van der Waals surface area contributed by atoms with Crippen molar-refractivity contribution in [1.82, 2.24) is 10.3 Å². The van der Waals surface area contributed by atoms with Gasteiger partial charge in [-0.05, 0) is 6.42 Å². The molecule has 1 aromatic carbocycles. The van der Waals surface area contributed by atoms with Crippen LogP contribution < -0.4 is 5.32 Å². The third-order valence-electron chi connectivity index (χ3n) is 2.95. The standard InChI is InChI=1S/C14H17FN2O/c1-2-11(18)8-16-9-13-14(15)12-6-4-3-5-10(12)7-17-13/h3-7,11,16,18H,2,8-9H2,1H3. The van der Waals surface area contributed by atoms with Gasteiger partial charge in [-0.2, -0.15) is 0 Å². The van der Waals surface area contributed by atoms with E-state index in [-0.39, 0.29) is 5.82 Å². The molecule has 2 N–H and O–H groups in total. The van der Waals surface area contributed by atoms with Crippen molar-refractivity contribution >= 4 is 10.8 Å². The molecule has 3 nitrogen and oxygen atoms in total. The molecule has 96 valence electrons. The molecule has 0 aliphatic carbocycles. The summed E-state index contributed by atoms with van der Waals surface area (Å²) < 4.78 is 14.1. The SMILES string of the molecule is CCC(O)CNCc1ncc2ccccc2c1F. The van der Waals surface area contributed by atoms with Gasteiger partial charge in [0.2, 0.25) is 0 Å². The van der Waals surface area contributed by atoms with Crippen LogP contribution in [0.5, 0.6) is 0 Å². The number of nitrogens with one attached hydrogen (secondary N) is 1. The summed E-state index contributed by atoms with van der Waals surface area (Å²) in [5, 5.41) is 13.8. The Hall–Kier alpha value is -1.52. The molecule has 0 bridgehead atoms. The van der Waals surface area contributed by atoms with Crippen molar-refractivity contribution in [3.63, 3.8) is 0 Å². The first-order chi connectivity index (χ1) is 8.72. The molecule has 0 radical (unpaired) electrons. The molecular weight excluding hydrogens is 231 g/mol. The molecule has 4 heteroatoms. The van der Waals surface area contributed by atoms with E-state index in [1.54, 1.807) is 12.3 Å². The fraction of sp³-hybridized carbons (Fsp3) is 0.357. The van der Waals surface area contributed by atoms with Crippen LogP contribution in [0.2, 0.25) is 0 Å². The van der Waals surface area contributed by atoms with Gasteiger partial charge in [0.15, 0.2) is 5.82 Å². The van der Waals surface area contributed by atoms with E-state index in [0.717, 1.165) is 5.39 Å². The molecule has 0 aliphatic rings. The van der Waals surface area contributed by atoms with E-state index in [9.17, 15) is 9.50 Å². The lowest BCUT2D eigenvalue weighted by Crippen LogP contribution is -2.26. The van der Waals surface area contributed by atoms with Gasteiger partial charge < -0.3 is 10.4 Å². The Kier molecular flexibility index (Phi) is 4.23. The van der Waals surface area contributed by atoms with Gasteiger partial charge in [-0.1, -0.05) is 31.2 Å². The molecule has 0 fully saturated rings. The van der Waals surface area contributed by atoms with Gasteiger partial charge in [-0.25, -0.2) is 4.39 Å². The van der Waals surface area contributed by atoms with Crippen LogP contribution in [0.3, 0.4) is 0 Å². The lowest BCUT2D eigenvalue weighted by atomic mass is 10.1. The summed E-state index contributed by atoms with van der Waals surface area (Å²) in [6.45, 7) is 2.68. The molecular formula is C14H17FN2O. The number of hydrogen-bond donors (Lipinski definition) is 2. The van der Waals surface area contributed by atoms with Crippen LogP contribution in [0.15, 0.2) is 30.5 Å². The fourth-order valence-electron chi connectivity index (χ4n) is 1.79. The second-order valence-corrected chi connectivity index (χ2v) is 4.30. The molecule has 2 aromatic rings. The summed E-state index contributed by atoms with van der Waals surface area (Å²) in [5.74, 6) is -0.286. The quantitative estimate of drug-likeness (QED) is 0.853. The molecule has 18 heavy (non-hydrogen) atoms. The number of hydrogen-bond acceptors (Lipinski definition) is 3. The van der Waals surface area contributed by atoms with Crippen molar-refractivity contribution in [3.05, 3.63) is 42.0 Å². The van der Waals surface area contributed by atoms with Crippen LogP contribution in [0.25, 0.3) is 10.8 Å². The van der Waals surface area contributed by atoms with Crippen LogP contribution in [0.1, 0.15) is 19.0 Å². The highest BCUT2D eigenvalue weighted by Gasteiger charge is 2.08. The first-order valence-corrected chi connectivity index (χ1v) is 6.13. The second-order valence-electron chi connectivity index (χ2n) is 4.30. The van der Waals surface area contributed by atoms with Crippen molar-refractivity contribution in [2.75, 3.05) is 6.54 Å². The van der Waals surface area contributed by atoms with Crippen molar-refractivity contribution in [3.8, 4) is 0 Å². The average Bonchev–Trinajstić information content (AvgIpc) is 2.41. The summed E-state index contributed by atoms with van der Waals surface area (Å²) in [7, 11) is 0. The zero-order chi connectivity index (χ0) is 13.0. The van der Waals surface area contributed by atoms with Gasteiger partial charge in [-0.3, -0.25) is 4.98 Å². The van der Waals surface area contributed by atoms with Crippen LogP contribution in [0.4, 0.5) is 4.39 Å². The van der Waals surface area contributed by atoms with E-state index in [0.29, 0.717) is 30.6 Å². The van der Waals surface area contributed by atoms with Gasteiger partial charge in [0.05, 0.1) is 11.8 Å². The number of aromatic nitrogens is 1. The van der Waals surface area contributed by atoms with Crippen LogP contribution >= 0.6 is 0 Å². The van der Waals surface area contributed by atoms with E-state index in [2.05, 4.69) is 10.3 Å². The Bertz CT molecular complexity index is 530. The first-order valence-electron chi connectivity index (χ1n) is 6.13. The Balaban J connectivity index is 2.12. The third kappa shape index (κ3) is 2.83. The highest BCUT2D eigenvalue weighted by atomic mass is 19.1. The summed E-state index contributed by atoms with van der Waals surface area (Å²) >= 11 is 0. The molecule has 1 atom stereocenters. The van der Waals surface area contributed by atoms with Crippen molar-refractivity contribution in [1.29, 1.82) is 0 Å². The van der Waals surface area contributed by atoms with Crippen molar-refractivity contribution in [2.24, 2.45) is 0 Å². The minimum Gasteiger partial charge on any atom is -0.392 e. The van der Waals surface area contributed by atoms with Gasteiger partial charge >= 0.3 is 0 Å². The number of pyridine rings is 1. The first kappa shape index (κ1) is 12.9. The van der Waals surface area contributed by atoms with Gasteiger partial charge in [-0.15, -0.1) is 0 Å². The monoisotopic (exact) mass is 248 g/mol. The number of aliphatic hydroxyl groups is 1. The summed E-state index contributed by atoms with van der Waals surface area (Å²) in [6.07, 6.45) is 1.96. The largest absolute Gasteiger partial charge is 0.392 e. The Morgan fingerprint density at radius 2 is 2.17 bits per heavy atom. The van der Waals surface area contributed by atoms with Crippen LogP contribution in [0, 0.1) is 5.82 Å². The summed E-state index contributed by atoms with van der Waals surface area (Å²) in [5.41, 5.74) is 0.386. The van der Waals surface area contributed by atoms with E-state index in [1.807, 2.05) is 25.1 Å². The topological polar surface area (TPSA) is 45.1 Å². The Morgan fingerprint density at radius 1 is 1.39 bits per heavy atom. The van der Waals surface area contributed by atoms with E-state index < -0.39 is 6.10 Å². The van der Waals surface area contributed by atoms with Gasteiger partial charge in [0.1, 0.15) is 0 Å². The van der Waals surface area contributed by atoms with Gasteiger partial charge in [0, 0.05) is 30.1 Å². The number of rotatable bonds is 5. The number of aliphatic hydroxyl groups excluding tert-OH is 1. The maximum atomic E-state index is 14.1. The lowest BCUT2D eigenvalue weighted by molar-refractivity contribution is 0.167. The number of nitrogens with zero attached hydrogens (tertiary/aromatic N) is 1. The molecule has 0 saturated heterocycles. The summed E-state index contributed by atoms with van der Waals surface area (Å²) in [6, 6.07) is 7.25. The van der Waals surface area contributed by atoms with Crippen LogP contribution in [-0.4, -0.2) is 22.7 Å². The molecule has 2 rings (SSSR count). The molecule has 1 heterocycles. The van der Waals surface area contributed by atoms with Crippen molar-refractivity contribution in [2.45, 2.75) is 26.0 Å². The summed E-state index contributed by atoms with van der Waals surface area (Å²) in [4.78, 5) is 4.11. The minimum atomic E-state index is -0.395. The highest BCUT2D eigenvalue weighted by molar-refractivity contribution is 5.82. The van der Waals surface area contributed by atoms with E-state index >= 15 is 0 Å².